The lowest BCUT2D eigenvalue weighted by atomic mass is 9.90. The van der Waals surface area contributed by atoms with E-state index in [1.807, 2.05) is 48.5 Å². The molecule has 1 N–H and O–H groups in total. The Kier molecular flexibility index (Phi) is 11.0. The normalized spacial score (nSPS) is 17.0. The maximum absolute atomic E-state index is 15.0. The van der Waals surface area contributed by atoms with Gasteiger partial charge in [0.2, 0.25) is 0 Å². The van der Waals surface area contributed by atoms with Crippen LogP contribution in [0.1, 0.15) is 62.4 Å². The number of nitrogens with zero attached hydrogens (tertiary/aromatic N) is 4. The van der Waals surface area contributed by atoms with Gasteiger partial charge in [-0.2, -0.15) is 0 Å². The number of ether oxygens (including phenoxy) is 1. The number of benzene rings is 4. The summed E-state index contributed by atoms with van der Waals surface area (Å²) in [5.74, 6) is 0.0424. The van der Waals surface area contributed by atoms with E-state index in [0.717, 1.165) is 99.7 Å². The van der Waals surface area contributed by atoms with Crippen molar-refractivity contribution in [3.63, 3.8) is 0 Å². The molecule has 8 nitrogen and oxygen atoms in total. The lowest BCUT2D eigenvalue weighted by Gasteiger charge is -2.39. The first-order valence-corrected chi connectivity index (χ1v) is 18.6. The van der Waals surface area contributed by atoms with E-state index < -0.39 is 0 Å². The number of morpholine rings is 1. The zero-order valence-electron chi connectivity index (χ0n) is 30.2. The van der Waals surface area contributed by atoms with Crippen LogP contribution < -0.4 is 4.90 Å². The van der Waals surface area contributed by atoms with Gasteiger partial charge in [0.25, 0.3) is 11.8 Å². The van der Waals surface area contributed by atoms with E-state index >= 15 is 0 Å². The van der Waals surface area contributed by atoms with E-state index in [0.29, 0.717) is 23.4 Å². The van der Waals surface area contributed by atoms with Crippen LogP contribution in [0.25, 0.3) is 11.3 Å². The molecule has 8 rings (SSSR count). The van der Waals surface area contributed by atoms with Crippen LogP contribution in [0.4, 0.5) is 11.4 Å². The number of phenols is 1. The van der Waals surface area contributed by atoms with Crippen molar-refractivity contribution in [1.82, 2.24) is 14.4 Å². The Morgan fingerprint density at radius 3 is 2.30 bits per heavy atom. The van der Waals surface area contributed by atoms with Crippen molar-refractivity contribution in [2.45, 2.75) is 58.2 Å². The number of phenolic OH excluding ortho intramolecular Hbond substituents is 1. The number of fused-ring (bicyclic) bond motifs is 2. The average Bonchev–Trinajstić information content (AvgIpc) is 3.58. The molecule has 3 aliphatic rings. The molecule has 0 radical (unpaired) electrons. The maximum Gasteiger partial charge on any atom is 0.264 e. The number of para-hydroxylation sites is 1. The molecule has 4 heterocycles. The molecule has 274 valence electrons. The Morgan fingerprint density at radius 1 is 0.811 bits per heavy atom. The highest BCUT2D eigenvalue weighted by Gasteiger charge is 2.34. The van der Waals surface area contributed by atoms with Crippen molar-refractivity contribution in [3.05, 3.63) is 137 Å². The summed E-state index contributed by atoms with van der Waals surface area (Å²) in [6, 6.07) is 33.2. The average molecular weight is 731 g/mol. The summed E-state index contributed by atoms with van der Waals surface area (Å²) in [7, 11) is 0. The summed E-state index contributed by atoms with van der Waals surface area (Å²) >= 11 is 0. The Bertz CT molecular complexity index is 2070. The van der Waals surface area contributed by atoms with Gasteiger partial charge in [-0.15, -0.1) is 12.4 Å². The number of hydrogen-bond donors (Lipinski definition) is 1. The fraction of sp³-hybridized carbons (Fsp3) is 0.318. The summed E-state index contributed by atoms with van der Waals surface area (Å²) in [4.78, 5) is 36.1. The molecule has 5 aromatic rings. The fourth-order valence-corrected chi connectivity index (χ4v) is 8.22. The maximum atomic E-state index is 15.0. The number of carbonyl (C=O) groups is 2. The van der Waals surface area contributed by atoms with Crippen LogP contribution in [-0.2, 0) is 30.7 Å². The first-order chi connectivity index (χ1) is 25.4. The highest BCUT2D eigenvalue weighted by atomic mass is 35.5. The zero-order valence-corrected chi connectivity index (χ0v) is 31.1. The monoisotopic (exact) mass is 730 g/mol. The van der Waals surface area contributed by atoms with Crippen LogP contribution >= 0.6 is 12.4 Å². The highest BCUT2D eigenvalue weighted by molar-refractivity contribution is 6.12. The number of aromatic hydroxyl groups is 1. The molecule has 0 spiro atoms. The van der Waals surface area contributed by atoms with Gasteiger partial charge in [-0.3, -0.25) is 19.4 Å². The molecular weight excluding hydrogens is 684 g/mol. The number of anilines is 2. The van der Waals surface area contributed by atoms with E-state index in [1.54, 1.807) is 29.2 Å². The lowest BCUT2D eigenvalue weighted by molar-refractivity contribution is 0.0308. The Labute approximate surface area is 318 Å². The van der Waals surface area contributed by atoms with Crippen LogP contribution in [0.3, 0.4) is 0 Å². The standard InChI is InChI=1S/C44H46N4O4.ClH/c1-31-14-19-38(43(50)47-30-33-10-6-5-9-32(33)28-36(47)20-22-45-23-25-52-26-24-45)39(27-31)42-29-40(41-13-7-8-21-46(41)42)44(51)48(34-11-3-2-4-12-34)35-15-17-37(49)18-16-35;/h2-6,9-12,14-19,27,29,36,49H,7-8,13,20-26,28,30H2,1H3;1H/t36-;/m1./s1. The molecule has 53 heavy (non-hydrogen) atoms. The van der Waals surface area contributed by atoms with Crippen molar-refractivity contribution in [3.8, 4) is 17.0 Å². The SMILES string of the molecule is Cc1ccc(C(=O)N2Cc3ccccc3C[C@H]2CCN2CCOCC2)c(-c2cc(C(=O)N(c3ccccc3)c3ccc(O)cc3)c3n2CCCC3)c1.Cl. The summed E-state index contributed by atoms with van der Waals surface area (Å²) < 4.78 is 7.88. The van der Waals surface area contributed by atoms with Crippen LogP contribution in [0.5, 0.6) is 5.75 Å². The Hall–Kier alpha value is -4.89. The molecule has 1 atom stereocenters. The van der Waals surface area contributed by atoms with E-state index in [4.69, 9.17) is 4.74 Å². The highest BCUT2D eigenvalue weighted by Crippen LogP contribution is 2.38. The van der Waals surface area contributed by atoms with E-state index in [-0.39, 0.29) is 36.0 Å². The Balaban J connectivity index is 0.00000435. The molecule has 1 saturated heterocycles. The third-order valence-corrected chi connectivity index (χ3v) is 11.0. The van der Waals surface area contributed by atoms with Gasteiger partial charge in [-0.05, 0) is 105 Å². The number of aromatic nitrogens is 1. The first kappa shape index (κ1) is 36.5. The minimum absolute atomic E-state index is 0. The van der Waals surface area contributed by atoms with Crippen molar-refractivity contribution < 1.29 is 19.4 Å². The molecular formula is C44H47ClN4O4. The second-order valence-electron chi connectivity index (χ2n) is 14.3. The van der Waals surface area contributed by atoms with Crippen LogP contribution in [0.2, 0.25) is 0 Å². The van der Waals surface area contributed by atoms with Crippen molar-refractivity contribution in [1.29, 1.82) is 0 Å². The largest absolute Gasteiger partial charge is 0.508 e. The number of carbonyl (C=O) groups excluding carboxylic acids is 2. The van der Waals surface area contributed by atoms with Gasteiger partial charge in [0, 0.05) is 72.7 Å². The third kappa shape index (κ3) is 7.49. The van der Waals surface area contributed by atoms with Crippen LogP contribution in [-0.4, -0.2) is 70.2 Å². The minimum Gasteiger partial charge on any atom is -0.508 e. The predicted molar refractivity (Wildman–Crippen MR) is 211 cm³/mol. The molecule has 0 aliphatic carbocycles. The Morgan fingerprint density at radius 2 is 1.53 bits per heavy atom. The second-order valence-corrected chi connectivity index (χ2v) is 14.3. The quantitative estimate of drug-likeness (QED) is 0.174. The van der Waals surface area contributed by atoms with Gasteiger partial charge in [0.1, 0.15) is 5.75 Å². The summed E-state index contributed by atoms with van der Waals surface area (Å²) in [6.45, 7) is 7.71. The van der Waals surface area contributed by atoms with Gasteiger partial charge < -0.3 is 19.3 Å². The van der Waals surface area contributed by atoms with Gasteiger partial charge in [-0.1, -0.05) is 54.1 Å². The van der Waals surface area contributed by atoms with Crippen molar-refractivity contribution in [2.24, 2.45) is 0 Å². The molecule has 9 heteroatoms. The van der Waals surface area contributed by atoms with Crippen LogP contribution in [0.15, 0.2) is 103 Å². The second kappa shape index (κ2) is 16.0. The van der Waals surface area contributed by atoms with E-state index in [2.05, 4.69) is 51.6 Å². The van der Waals surface area contributed by atoms with Crippen molar-refractivity contribution >= 4 is 35.6 Å². The van der Waals surface area contributed by atoms with Gasteiger partial charge in [0.15, 0.2) is 0 Å². The number of hydrogen-bond acceptors (Lipinski definition) is 5. The number of aryl methyl sites for hydroxylation is 1. The van der Waals surface area contributed by atoms with Crippen LogP contribution in [0, 0.1) is 6.92 Å². The van der Waals surface area contributed by atoms with Crippen molar-refractivity contribution in [2.75, 3.05) is 37.7 Å². The minimum atomic E-state index is -0.134. The molecule has 0 bridgehead atoms. The van der Waals surface area contributed by atoms with E-state index in [9.17, 15) is 14.7 Å². The van der Waals surface area contributed by atoms with Gasteiger partial charge >= 0.3 is 0 Å². The van der Waals surface area contributed by atoms with E-state index in [1.165, 1.54) is 11.1 Å². The van der Waals surface area contributed by atoms with Gasteiger partial charge in [0.05, 0.1) is 18.8 Å². The molecule has 1 fully saturated rings. The number of amides is 2. The topological polar surface area (TPSA) is 78.2 Å². The summed E-state index contributed by atoms with van der Waals surface area (Å²) in [5.41, 5.74) is 9.10. The molecule has 1 aromatic heterocycles. The smallest absolute Gasteiger partial charge is 0.264 e. The lowest BCUT2D eigenvalue weighted by Crippen LogP contribution is -2.47. The summed E-state index contributed by atoms with van der Waals surface area (Å²) in [5, 5.41) is 10.0. The third-order valence-electron chi connectivity index (χ3n) is 11.0. The first-order valence-electron chi connectivity index (χ1n) is 18.6. The fourth-order valence-electron chi connectivity index (χ4n) is 8.22. The molecule has 3 aliphatic heterocycles. The zero-order chi connectivity index (χ0) is 35.6. The molecule has 4 aromatic carbocycles. The predicted octanol–water partition coefficient (Wildman–Crippen LogP) is 8.20. The number of halogens is 1. The molecule has 2 amide bonds. The molecule has 0 unspecified atom stereocenters. The molecule has 0 saturated carbocycles. The number of rotatable bonds is 8. The summed E-state index contributed by atoms with van der Waals surface area (Å²) in [6.07, 6.45) is 4.50. The van der Waals surface area contributed by atoms with Gasteiger partial charge in [-0.25, -0.2) is 0 Å².